The number of allylic oxidation sites excluding steroid dienone is 6. The Bertz CT molecular complexity index is 1150. The van der Waals surface area contributed by atoms with Crippen LogP contribution < -0.4 is 5.32 Å². The Morgan fingerprint density at radius 3 is 1.42 bits per heavy atom. The topological polar surface area (TPSA) is 189 Å². The summed E-state index contributed by atoms with van der Waals surface area (Å²) in [4.78, 5) is 13.1. The molecule has 1 aliphatic heterocycles. The molecule has 0 aliphatic carbocycles. The van der Waals surface area contributed by atoms with Gasteiger partial charge in [0.1, 0.15) is 36.6 Å². The maximum Gasteiger partial charge on any atom is 0.249 e. The Hall–Kier alpha value is -1.67. The third-order valence-corrected chi connectivity index (χ3v) is 12.9. The first-order valence-corrected chi connectivity index (χ1v) is 26.9. The van der Waals surface area contributed by atoms with Crippen LogP contribution in [0.25, 0.3) is 0 Å². The van der Waals surface area contributed by atoms with E-state index >= 15 is 0 Å². The highest BCUT2D eigenvalue weighted by Crippen LogP contribution is 2.23. The first-order chi connectivity index (χ1) is 31.7. The Morgan fingerprint density at radius 2 is 0.954 bits per heavy atom. The minimum atomic E-state index is -1.67. The molecule has 9 unspecified atom stereocenters. The predicted molar refractivity (Wildman–Crippen MR) is 265 cm³/mol. The van der Waals surface area contributed by atoms with Gasteiger partial charge in [0.15, 0.2) is 6.29 Å². The molecule has 1 rings (SSSR count). The van der Waals surface area contributed by atoms with E-state index in [9.17, 15) is 40.5 Å². The molecule has 382 valence electrons. The minimum Gasteiger partial charge on any atom is -0.394 e. The van der Waals surface area contributed by atoms with Crippen molar-refractivity contribution in [1.29, 1.82) is 0 Å². The van der Waals surface area contributed by atoms with Gasteiger partial charge in [0.05, 0.1) is 25.4 Å². The summed E-state index contributed by atoms with van der Waals surface area (Å²) in [6.45, 7) is 3.44. The Balaban J connectivity index is 2.39. The quantitative estimate of drug-likeness (QED) is 0.0216. The van der Waals surface area contributed by atoms with E-state index < -0.39 is 74.2 Å². The summed E-state index contributed by atoms with van der Waals surface area (Å²) in [5.41, 5.74) is 0. The van der Waals surface area contributed by atoms with Gasteiger partial charge in [-0.05, 0) is 70.6 Å². The largest absolute Gasteiger partial charge is 0.394 e. The second kappa shape index (κ2) is 43.6. The second-order valence-corrected chi connectivity index (χ2v) is 18.9. The van der Waals surface area contributed by atoms with Crippen molar-refractivity contribution in [2.24, 2.45) is 0 Å². The molecule has 11 heteroatoms. The lowest BCUT2D eigenvalue weighted by molar-refractivity contribution is -0.303. The van der Waals surface area contributed by atoms with E-state index in [-0.39, 0.29) is 12.8 Å². The Labute approximate surface area is 397 Å². The molecule has 0 spiro atoms. The van der Waals surface area contributed by atoms with Crippen molar-refractivity contribution in [3.05, 3.63) is 36.5 Å². The minimum absolute atomic E-state index is 0.242. The summed E-state index contributed by atoms with van der Waals surface area (Å²) in [6.07, 6.45) is 40.5. The SMILES string of the molecule is CCCCCCCCCCC/C=C\C/C=C\CCCCCCCCC(O)C(=O)NC(COC1OC(CO)C(O)C(O)C1O)C(O)C(O)CCC/C=C/CCCCCCCCCCCCC. The molecule has 0 aromatic rings. The number of nitrogens with one attached hydrogen (secondary N) is 1. The van der Waals surface area contributed by atoms with Gasteiger partial charge in [-0.1, -0.05) is 198 Å². The molecule has 1 saturated heterocycles. The summed E-state index contributed by atoms with van der Waals surface area (Å²) in [7, 11) is 0. The van der Waals surface area contributed by atoms with Crippen LogP contribution in [0.3, 0.4) is 0 Å². The molecule has 0 radical (unpaired) electrons. The van der Waals surface area contributed by atoms with Crippen LogP contribution in [0.5, 0.6) is 0 Å². The van der Waals surface area contributed by atoms with Crippen molar-refractivity contribution in [3.63, 3.8) is 0 Å². The summed E-state index contributed by atoms with van der Waals surface area (Å²) in [6, 6.07) is -1.19. The summed E-state index contributed by atoms with van der Waals surface area (Å²) < 4.78 is 11.1. The van der Waals surface area contributed by atoms with Gasteiger partial charge in [0.25, 0.3) is 0 Å². The fourth-order valence-electron chi connectivity index (χ4n) is 8.47. The molecule has 0 aromatic heterocycles. The molecule has 1 fully saturated rings. The van der Waals surface area contributed by atoms with E-state index in [4.69, 9.17) is 9.47 Å². The highest BCUT2D eigenvalue weighted by atomic mass is 16.7. The summed E-state index contributed by atoms with van der Waals surface area (Å²) in [5, 5.41) is 75.9. The van der Waals surface area contributed by atoms with Gasteiger partial charge in [0, 0.05) is 0 Å². The maximum absolute atomic E-state index is 13.1. The number of unbranched alkanes of at least 4 members (excludes halogenated alkanes) is 27. The maximum atomic E-state index is 13.1. The number of rotatable bonds is 45. The van der Waals surface area contributed by atoms with Gasteiger partial charge in [-0.15, -0.1) is 0 Å². The predicted octanol–water partition coefficient (Wildman–Crippen LogP) is 10.3. The number of ether oxygens (including phenoxy) is 2. The van der Waals surface area contributed by atoms with Gasteiger partial charge in [-0.3, -0.25) is 4.79 Å². The molecule has 1 heterocycles. The zero-order chi connectivity index (χ0) is 47.6. The fraction of sp³-hybridized carbons (Fsp3) is 0.870. The molecule has 65 heavy (non-hydrogen) atoms. The van der Waals surface area contributed by atoms with Crippen LogP contribution in [0.1, 0.15) is 232 Å². The van der Waals surface area contributed by atoms with E-state index in [2.05, 4.69) is 55.6 Å². The lowest BCUT2D eigenvalue weighted by Crippen LogP contribution is -2.60. The van der Waals surface area contributed by atoms with E-state index in [0.717, 1.165) is 64.2 Å². The van der Waals surface area contributed by atoms with Crippen molar-refractivity contribution in [1.82, 2.24) is 5.32 Å². The average Bonchev–Trinajstić information content (AvgIpc) is 3.31. The number of carbonyl (C=O) groups excluding carboxylic acids is 1. The van der Waals surface area contributed by atoms with Crippen LogP contribution in [0.15, 0.2) is 36.5 Å². The second-order valence-electron chi connectivity index (χ2n) is 18.9. The molecular formula is C54H101NO10. The average molecular weight is 924 g/mol. The van der Waals surface area contributed by atoms with E-state index in [1.54, 1.807) is 0 Å². The van der Waals surface area contributed by atoms with E-state index in [0.29, 0.717) is 12.8 Å². The van der Waals surface area contributed by atoms with Crippen LogP contribution in [0.4, 0.5) is 0 Å². The number of amides is 1. The van der Waals surface area contributed by atoms with Gasteiger partial charge in [-0.2, -0.15) is 0 Å². The third-order valence-electron chi connectivity index (χ3n) is 12.9. The van der Waals surface area contributed by atoms with Gasteiger partial charge in [-0.25, -0.2) is 0 Å². The van der Waals surface area contributed by atoms with Gasteiger partial charge < -0.3 is 50.5 Å². The Morgan fingerprint density at radius 1 is 0.538 bits per heavy atom. The molecule has 1 amide bonds. The summed E-state index contributed by atoms with van der Waals surface area (Å²) >= 11 is 0. The van der Waals surface area contributed by atoms with Crippen LogP contribution in [0, 0.1) is 0 Å². The molecule has 8 N–H and O–H groups in total. The number of hydrogen-bond donors (Lipinski definition) is 8. The smallest absolute Gasteiger partial charge is 0.249 e. The standard InChI is InChI=1S/C54H101NO10/c1-3-5-7-9-11-13-15-17-19-21-22-23-24-25-26-28-30-32-34-36-38-40-42-47(58)53(63)55-45(44-64-54-52(62)51(61)50(60)48(43-56)65-54)49(59)46(57)41-39-37-35-33-31-29-27-20-18-16-14-12-10-8-6-4-2/h22-23,25-26,33,35,45-52,54,56-62H,3-21,24,27-32,34,36-44H2,1-2H3,(H,55,63)/b23-22-,26-25-,35-33+. The van der Waals surface area contributed by atoms with Crippen molar-refractivity contribution in [3.8, 4) is 0 Å². The zero-order valence-corrected chi connectivity index (χ0v) is 41.5. The molecular weight excluding hydrogens is 823 g/mol. The number of carbonyl (C=O) groups is 1. The summed E-state index contributed by atoms with van der Waals surface area (Å²) in [5.74, 6) is -0.714. The first kappa shape index (κ1) is 61.3. The van der Waals surface area contributed by atoms with E-state index in [1.165, 1.54) is 128 Å². The highest BCUT2D eigenvalue weighted by Gasteiger charge is 2.44. The van der Waals surface area contributed by atoms with Gasteiger partial charge in [0.2, 0.25) is 5.91 Å². The van der Waals surface area contributed by atoms with Crippen LogP contribution in [-0.4, -0.2) is 110 Å². The zero-order valence-electron chi connectivity index (χ0n) is 41.5. The first-order valence-electron chi connectivity index (χ1n) is 26.9. The number of hydrogen-bond acceptors (Lipinski definition) is 10. The lowest BCUT2D eigenvalue weighted by Gasteiger charge is -2.40. The lowest BCUT2D eigenvalue weighted by atomic mass is 9.98. The van der Waals surface area contributed by atoms with Crippen LogP contribution in [0.2, 0.25) is 0 Å². The molecule has 1 aliphatic rings. The third kappa shape index (κ3) is 32.7. The van der Waals surface area contributed by atoms with Crippen molar-refractivity contribution in [2.75, 3.05) is 13.2 Å². The normalized spacial score (nSPS) is 21.2. The molecule has 9 atom stereocenters. The Kier molecular flexibility index (Phi) is 41.1. The number of aliphatic hydroxyl groups is 7. The molecule has 0 saturated carbocycles. The van der Waals surface area contributed by atoms with Crippen LogP contribution in [-0.2, 0) is 14.3 Å². The fourth-order valence-corrected chi connectivity index (χ4v) is 8.47. The molecule has 0 aromatic carbocycles. The van der Waals surface area contributed by atoms with Crippen molar-refractivity contribution in [2.45, 2.75) is 287 Å². The highest BCUT2D eigenvalue weighted by molar-refractivity contribution is 5.80. The van der Waals surface area contributed by atoms with Crippen LogP contribution >= 0.6 is 0 Å². The molecule has 11 nitrogen and oxygen atoms in total. The van der Waals surface area contributed by atoms with Gasteiger partial charge >= 0.3 is 0 Å². The van der Waals surface area contributed by atoms with Crippen molar-refractivity contribution < 1.29 is 50.0 Å². The van der Waals surface area contributed by atoms with Crippen molar-refractivity contribution >= 4 is 5.91 Å². The number of aliphatic hydroxyl groups excluding tert-OH is 7. The molecule has 0 bridgehead atoms. The van der Waals surface area contributed by atoms with E-state index in [1.807, 2.05) is 0 Å². The monoisotopic (exact) mass is 924 g/mol.